The van der Waals surface area contributed by atoms with Crippen LogP contribution < -0.4 is 5.73 Å². The van der Waals surface area contributed by atoms with Crippen LogP contribution in [0.5, 0.6) is 0 Å². The number of H-pyrrole nitrogens is 1. The fourth-order valence-corrected chi connectivity index (χ4v) is 3.15. The average Bonchev–Trinajstić information content (AvgIpc) is 2.91. The van der Waals surface area contributed by atoms with Crippen LogP contribution in [0.15, 0.2) is 12.1 Å². The Balaban J connectivity index is 2.10. The van der Waals surface area contributed by atoms with Gasteiger partial charge in [-0.1, -0.05) is 6.92 Å². The minimum absolute atomic E-state index is 0.552. The van der Waals surface area contributed by atoms with Crippen molar-refractivity contribution >= 4 is 10.9 Å². The number of nitrogens with two attached hydrogens (primary N) is 1. The average molecular weight is 242 g/mol. The maximum atomic E-state index is 5.76. The molecule has 3 N–H and O–H groups in total. The molecule has 1 aliphatic carbocycles. The van der Waals surface area contributed by atoms with Crippen molar-refractivity contribution in [2.45, 2.75) is 39.5 Å². The Hall–Kier alpha value is -1.28. The van der Waals surface area contributed by atoms with Gasteiger partial charge in [-0.3, -0.25) is 0 Å². The topological polar surface area (TPSA) is 41.8 Å². The standard InChI is InChI=1S/C16H22N2/c1-10(9-17)6-14-11(2)18-16-8-13-5-3-4-12(13)7-15(14)16/h7-8,10,18H,3-6,9,17H2,1-2H3. The van der Waals surface area contributed by atoms with Crippen LogP contribution in [0.2, 0.25) is 0 Å². The summed E-state index contributed by atoms with van der Waals surface area (Å²) >= 11 is 0. The zero-order chi connectivity index (χ0) is 12.7. The number of aromatic nitrogens is 1. The number of fused-ring (bicyclic) bond motifs is 2. The van der Waals surface area contributed by atoms with Crippen molar-refractivity contribution in [3.8, 4) is 0 Å². The highest BCUT2D eigenvalue weighted by Gasteiger charge is 2.16. The molecule has 2 heteroatoms. The highest BCUT2D eigenvalue weighted by atomic mass is 14.7. The van der Waals surface area contributed by atoms with Crippen LogP contribution in [0.3, 0.4) is 0 Å². The number of rotatable bonds is 3. The largest absolute Gasteiger partial charge is 0.358 e. The lowest BCUT2D eigenvalue weighted by atomic mass is 9.97. The Morgan fingerprint density at radius 2 is 2.00 bits per heavy atom. The highest BCUT2D eigenvalue weighted by Crippen LogP contribution is 2.31. The first-order chi connectivity index (χ1) is 8.69. The molecule has 18 heavy (non-hydrogen) atoms. The second-order valence-corrected chi connectivity index (χ2v) is 5.79. The molecule has 1 atom stereocenters. The number of aryl methyl sites for hydroxylation is 3. The lowest BCUT2D eigenvalue weighted by Gasteiger charge is -2.09. The van der Waals surface area contributed by atoms with Gasteiger partial charge in [0, 0.05) is 16.6 Å². The summed E-state index contributed by atoms with van der Waals surface area (Å²) < 4.78 is 0. The van der Waals surface area contributed by atoms with Crippen molar-refractivity contribution in [1.82, 2.24) is 4.98 Å². The van der Waals surface area contributed by atoms with E-state index in [0.717, 1.165) is 13.0 Å². The van der Waals surface area contributed by atoms with Gasteiger partial charge in [0.2, 0.25) is 0 Å². The minimum Gasteiger partial charge on any atom is -0.358 e. The number of hydrogen-bond acceptors (Lipinski definition) is 1. The van der Waals surface area contributed by atoms with E-state index in [-0.39, 0.29) is 0 Å². The van der Waals surface area contributed by atoms with Gasteiger partial charge >= 0.3 is 0 Å². The monoisotopic (exact) mass is 242 g/mol. The number of nitrogens with one attached hydrogen (secondary N) is 1. The van der Waals surface area contributed by atoms with Crippen LogP contribution in [0.4, 0.5) is 0 Å². The first-order valence-corrected chi connectivity index (χ1v) is 7.02. The molecule has 1 heterocycles. The quantitative estimate of drug-likeness (QED) is 0.853. The number of aromatic amines is 1. The van der Waals surface area contributed by atoms with E-state index in [1.54, 1.807) is 11.1 Å². The van der Waals surface area contributed by atoms with E-state index in [1.165, 1.54) is 41.4 Å². The lowest BCUT2D eigenvalue weighted by molar-refractivity contribution is 0.593. The molecule has 0 spiro atoms. The number of hydrogen-bond donors (Lipinski definition) is 2. The van der Waals surface area contributed by atoms with Gasteiger partial charge in [0.15, 0.2) is 0 Å². The van der Waals surface area contributed by atoms with Crippen LogP contribution in [0, 0.1) is 12.8 Å². The van der Waals surface area contributed by atoms with Gasteiger partial charge in [0.25, 0.3) is 0 Å². The molecule has 0 fully saturated rings. The van der Waals surface area contributed by atoms with Gasteiger partial charge in [-0.25, -0.2) is 0 Å². The molecule has 0 amide bonds. The summed E-state index contributed by atoms with van der Waals surface area (Å²) in [6, 6.07) is 4.78. The predicted octanol–water partition coefficient (Wildman–Crippen LogP) is 3.10. The molecule has 2 nitrogen and oxygen atoms in total. The molecule has 0 saturated carbocycles. The summed E-state index contributed by atoms with van der Waals surface area (Å²) in [4.78, 5) is 3.55. The Morgan fingerprint density at radius 1 is 1.28 bits per heavy atom. The van der Waals surface area contributed by atoms with E-state index in [9.17, 15) is 0 Å². The van der Waals surface area contributed by atoms with Gasteiger partial charge in [-0.2, -0.15) is 0 Å². The first-order valence-electron chi connectivity index (χ1n) is 7.02. The van der Waals surface area contributed by atoms with Gasteiger partial charge in [-0.15, -0.1) is 0 Å². The van der Waals surface area contributed by atoms with E-state index in [0.29, 0.717) is 5.92 Å². The molecule has 0 saturated heterocycles. The maximum Gasteiger partial charge on any atom is 0.0461 e. The van der Waals surface area contributed by atoms with Crippen LogP contribution in [-0.2, 0) is 19.3 Å². The Morgan fingerprint density at radius 3 is 2.72 bits per heavy atom. The Kier molecular flexibility index (Phi) is 2.90. The third kappa shape index (κ3) is 1.85. The van der Waals surface area contributed by atoms with E-state index < -0.39 is 0 Å². The van der Waals surface area contributed by atoms with Crippen molar-refractivity contribution in [3.05, 3.63) is 34.5 Å². The van der Waals surface area contributed by atoms with E-state index in [4.69, 9.17) is 5.73 Å². The van der Waals surface area contributed by atoms with Gasteiger partial charge in [-0.05, 0) is 73.9 Å². The summed E-state index contributed by atoms with van der Waals surface area (Å²) in [5.41, 5.74) is 13.0. The summed E-state index contributed by atoms with van der Waals surface area (Å²) in [5.74, 6) is 0.552. The zero-order valence-corrected chi connectivity index (χ0v) is 11.3. The molecule has 1 unspecified atom stereocenters. The molecule has 2 aromatic rings. The van der Waals surface area contributed by atoms with Crippen LogP contribution in [-0.4, -0.2) is 11.5 Å². The van der Waals surface area contributed by atoms with E-state index in [2.05, 4.69) is 31.0 Å². The van der Waals surface area contributed by atoms with E-state index >= 15 is 0 Å². The van der Waals surface area contributed by atoms with Gasteiger partial charge in [0.1, 0.15) is 0 Å². The normalized spacial score (nSPS) is 16.2. The zero-order valence-electron chi connectivity index (χ0n) is 11.3. The Labute approximate surface area is 109 Å². The van der Waals surface area contributed by atoms with Crippen molar-refractivity contribution < 1.29 is 0 Å². The van der Waals surface area contributed by atoms with Gasteiger partial charge < -0.3 is 10.7 Å². The van der Waals surface area contributed by atoms with E-state index in [1.807, 2.05) is 0 Å². The molecule has 1 aromatic carbocycles. The summed E-state index contributed by atoms with van der Waals surface area (Å²) in [6.07, 6.45) is 4.90. The minimum atomic E-state index is 0.552. The molecule has 1 aromatic heterocycles. The predicted molar refractivity (Wildman–Crippen MR) is 77.0 cm³/mol. The molecule has 3 rings (SSSR count). The summed E-state index contributed by atoms with van der Waals surface area (Å²) in [6.45, 7) is 5.17. The van der Waals surface area contributed by atoms with Crippen molar-refractivity contribution in [2.75, 3.05) is 6.54 Å². The summed E-state index contributed by atoms with van der Waals surface area (Å²) in [7, 11) is 0. The summed E-state index contributed by atoms with van der Waals surface area (Å²) in [5, 5.41) is 1.42. The van der Waals surface area contributed by atoms with Crippen LogP contribution in [0.1, 0.15) is 35.7 Å². The second kappa shape index (κ2) is 4.43. The van der Waals surface area contributed by atoms with Crippen LogP contribution in [0.25, 0.3) is 10.9 Å². The molecular formula is C16H22N2. The van der Waals surface area contributed by atoms with Crippen molar-refractivity contribution in [3.63, 3.8) is 0 Å². The molecule has 96 valence electrons. The fraction of sp³-hybridized carbons (Fsp3) is 0.500. The highest BCUT2D eigenvalue weighted by molar-refractivity contribution is 5.86. The SMILES string of the molecule is Cc1[nH]c2cc3c(cc2c1CC(C)CN)CCC3. The smallest absolute Gasteiger partial charge is 0.0461 e. The third-order valence-corrected chi connectivity index (χ3v) is 4.29. The molecule has 0 aliphatic heterocycles. The Bertz CT molecular complexity index is 580. The van der Waals surface area contributed by atoms with Crippen LogP contribution >= 0.6 is 0 Å². The fourth-order valence-electron chi connectivity index (χ4n) is 3.15. The van der Waals surface area contributed by atoms with Crippen molar-refractivity contribution in [1.29, 1.82) is 0 Å². The molecule has 0 radical (unpaired) electrons. The van der Waals surface area contributed by atoms with Crippen molar-refractivity contribution in [2.24, 2.45) is 11.7 Å². The first kappa shape index (κ1) is 11.8. The molecule has 1 aliphatic rings. The lowest BCUT2D eigenvalue weighted by Crippen LogP contribution is -2.13. The third-order valence-electron chi connectivity index (χ3n) is 4.29. The maximum absolute atomic E-state index is 5.76. The molecular weight excluding hydrogens is 220 g/mol. The molecule has 0 bridgehead atoms. The number of benzene rings is 1. The van der Waals surface area contributed by atoms with Gasteiger partial charge in [0.05, 0.1) is 0 Å². The second-order valence-electron chi connectivity index (χ2n) is 5.79.